The third kappa shape index (κ3) is 2.81. The van der Waals surface area contributed by atoms with Crippen molar-refractivity contribution in [1.82, 2.24) is 0 Å². The largest absolute Gasteiger partial charge is 0.425 e. The molecule has 0 unspecified atom stereocenters. The van der Waals surface area contributed by atoms with E-state index in [1.165, 1.54) is 0 Å². The van der Waals surface area contributed by atoms with E-state index in [1.807, 2.05) is 6.92 Å². The lowest BCUT2D eigenvalue weighted by molar-refractivity contribution is -0.484. The van der Waals surface area contributed by atoms with Crippen molar-refractivity contribution in [1.29, 1.82) is 0 Å². The van der Waals surface area contributed by atoms with Crippen molar-refractivity contribution in [3.63, 3.8) is 0 Å². The highest BCUT2D eigenvalue weighted by Gasteiger charge is 2.40. The van der Waals surface area contributed by atoms with E-state index in [2.05, 4.69) is 31.9 Å². The fourth-order valence-electron chi connectivity index (χ4n) is 2.36. The maximum absolute atomic E-state index is 11.9. The Balaban J connectivity index is 2.55. The molecule has 1 aromatic carbocycles. The van der Waals surface area contributed by atoms with Gasteiger partial charge in [0, 0.05) is 15.0 Å². The highest BCUT2D eigenvalue weighted by Crippen LogP contribution is 2.44. The quantitative estimate of drug-likeness (QED) is 0.341. The molecule has 2 rings (SSSR count). The summed E-state index contributed by atoms with van der Waals surface area (Å²) in [5, 5.41) is 10.8. The van der Waals surface area contributed by atoms with Gasteiger partial charge in [-0.3, -0.25) is 14.9 Å². The van der Waals surface area contributed by atoms with Gasteiger partial charge in [0.2, 0.25) is 6.54 Å². The van der Waals surface area contributed by atoms with Crippen molar-refractivity contribution in [3.8, 4) is 5.75 Å². The van der Waals surface area contributed by atoms with Gasteiger partial charge in [0.05, 0.1) is 16.3 Å². The SMILES string of the molecule is CC[C@H]1C(=O)Oc2c(Br)cc(Br)cc2[C@H]1C[N+](=O)[O-]. The topological polar surface area (TPSA) is 69.4 Å². The number of esters is 1. The molecule has 0 saturated carbocycles. The molecular formula is C12H11Br2NO4. The first-order valence-corrected chi connectivity index (χ1v) is 7.35. The van der Waals surface area contributed by atoms with Gasteiger partial charge in [-0.1, -0.05) is 22.9 Å². The summed E-state index contributed by atoms with van der Waals surface area (Å²) in [5.74, 6) is -0.932. The van der Waals surface area contributed by atoms with Gasteiger partial charge in [-0.15, -0.1) is 0 Å². The lowest BCUT2D eigenvalue weighted by Gasteiger charge is -2.29. The molecule has 1 heterocycles. The van der Waals surface area contributed by atoms with Crippen molar-refractivity contribution < 1.29 is 14.5 Å². The van der Waals surface area contributed by atoms with Crippen LogP contribution in [0.25, 0.3) is 0 Å². The molecule has 2 atom stereocenters. The molecule has 5 nitrogen and oxygen atoms in total. The van der Waals surface area contributed by atoms with Crippen molar-refractivity contribution in [2.45, 2.75) is 19.3 Å². The Morgan fingerprint density at radius 2 is 2.05 bits per heavy atom. The summed E-state index contributed by atoms with van der Waals surface area (Å²) in [6, 6.07) is 3.53. The number of nitro groups is 1. The molecule has 0 aromatic heterocycles. The average molecular weight is 393 g/mol. The second kappa shape index (κ2) is 5.58. The van der Waals surface area contributed by atoms with E-state index in [9.17, 15) is 14.9 Å². The van der Waals surface area contributed by atoms with Crippen LogP contribution in [0.3, 0.4) is 0 Å². The van der Waals surface area contributed by atoms with Gasteiger partial charge in [0.1, 0.15) is 5.75 Å². The maximum Gasteiger partial charge on any atom is 0.315 e. The third-order valence-corrected chi connectivity index (χ3v) is 4.26. The van der Waals surface area contributed by atoms with Crippen LogP contribution in [0, 0.1) is 16.0 Å². The Kier molecular flexibility index (Phi) is 4.25. The second-order valence-corrected chi connectivity index (χ2v) is 6.13. The first kappa shape index (κ1) is 14.5. The summed E-state index contributed by atoms with van der Waals surface area (Å²) < 4.78 is 6.71. The van der Waals surface area contributed by atoms with Gasteiger partial charge in [-0.05, 0) is 34.5 Å². The Bertz CT molecular complexity index is 547. The minimum absolute atomic E-state index is 0.274. The lowest BCUT2D eigenvalue weighted by Crippen LogP contribution is -2.34. The zero-order valence-electron chi connectivity index (χ0n) is 10.1. The van der Waals surface area contributed by atoms with E-state index in [-0.39, 0.29) is 11.5 Å². The Morgan fingerprint density at radius 1 is 1.37 bits per heavy atom. The first-order chi connectivity index (χ1) is 8.93. The van der Waals surface area contributed by atoms with Crippen LogP contribution in [0.2, 0.25) is 0 Å². The molecule has 102 valence electrons. The van der Waals surface area contributed by atoms with Crippen LogP contribution in [-0.2, 0) is 4.79 Å². The van der Waals surface area contributed by atoms with E-state index in [0.29, 0.717) is 22.2 Å². The highest BCUT2D eigenvalue weighted by atomic mass is 79.9. The molecule has 0 N–H and O–H groups in total. The van der Waals surface area contributed by atoms with E-state index in [0.717, 1.165) is 4.47 Å². The molecule has 0 spiro atoms. The van der Waals surface area contributed by atoms with Crippen LogP contribution in [0.15, 0.2) is 21.1 Å². The number of halogens is 2. The molecule has 0 aliphatic carbocycles. The molecule has 19 heavy (non-hydrogen) atoms. The van der Waals surface area contributed by atoms with E-state index >= 15 is 0 Å². The number of carbonyl (C=O) groups is 1. The molecule has 0 saturated heterocycles. The number of fused-ring (bicyclic) bond motifs is 1. The van der Waals surface area contributed by atoms with Crippen molar-refractivity contribution in [2.75, 3.05) is 6.54 Å². The fraction of sp³-hybridized carbons (Fsp3) is 0.417. The maximum atomic E-state index is 11.9. The average Bonchev–Trinajstić information content (AvgIpc) is 2.30. The molecule has 0 radical (unpaired) electrons. The fourth-order valence-corrected chi connectivity index (χ4v) is 3.70. The predicted octanol–water partition coefficient (Wildman–Crippen LogP) is 3.52. The Hall–Kier alpha value is -0.950. The molecule has 7 heteroatoms. The highest BCUT2D eigenvalue weighted by molar-refractivity contribution is 9.11. The molecule has 1 aliphatic rings. The van der Waals surface area contributed by atoms with Crippen LogP contribution in [-0.4, -0.2) is 17.4 Å². The number of ether oxygens (including phenoxy) is 1. The third-order valence-electron chi connectivity index (χ3n) is 3.21. The smallest absolute Gasteiger partial charge is 0.315 e. The normalized spacial score (nSPS) is 21.7. The number of rotatable bonds is 3. The molecular weight excluding hydrogens is 382 g/mol. The van der Waals surface area contributed by atoms with Crippen LogP contribution in [0.1, 0.15) is 24.8 Å². The predicted molar refractivity (Wildman–Crippen MR) is 75.9 cm³/mol. The molecule has 1 aliphatic heterocycles. The number of hydrogen-bond donors (Lipinski definition) is 0. The second-order valence-electron chi connectivity index (χ2n) is 4.36. The summed E-state index contributed by atoms with van der Waals surface area (Å²) in [7, 11) is 0. The molecule has 0 fully saturated rings. The lowest BCUT2D eigenvalue weighted by atomic mass is 9.82. The van der Waals surface area contributed by atoms with Gasteiger partial charge in [0.25, 0.3) is 0 Å². The van der Waals surface area contributed by atoms with Gasteiger partial charge in [-0.25, -0.2) is 0 Å². The Morgan fingerprint density at radius 3 is 2.63 bits per heavy atom. The number of benzene rings is 1. The summed E-state index contributed by atoms with van der Waals surface area (Å²) in [6.45, 7) is 1.56. The van der Waals surface area contributed by atoms with E-state index in [1.54, 1.807) is 12.1 Å². The first-order valence-electron chi connectivity index (χ1n) is 5.76. The summed E-state index contributed by atoms with van der Waals surface area (Å²) in [5.41, 5.74) is 0.699. The zero-order valence-corrected chi connectivity index (χ0v) is 13.2. The van der Waals surface area contributed by atoms with Crippen molar-refractivity contribution in [2.24, 2.45) is 5.92 Å². The van der Waals surface area contributed by atoms with Gasteiger partial charge in [-0.2, -0.15) is 0 Å². The van der Waals surface area contributed by atoms with Crippen molar-refractivity contribution in [3.05, 3.63) is 36.8 Å². The number of nitrogens with zero attached hydrogens (tertiary/aromatic N) is 1. The minimum Gasteiger partial charge on any atom is -0.425 e. The summed E-state index contributed by atoms with van der Waals surface area (Å²) >= 11 is 6.67. The molecule has 0 bridgehead atoms. The Labute approximate surface area is 126 Å². The van der Waals surface area contributed by atoms with E-state index < -0.39 is 17.8 Å². The monoisotopic (exact) mass is 391 g/mol. The summed E-state index contributed by atoms with van der Waals surface area (Å²) in [4.78, 5) is 22.4. The zero-order chi connectivity index (χ0) is 14.2. The number of hydrogen-bond acceptors (Lipinski definition) is 4. The van der Waals surface area contributed by atoms with Crippen molar-refractivity contribution >= 4 is 37.8 Å². The van der Waals surface area contributed by atoms with Crippen LogP contribution in [0.5, 0.6) is 5.75 Å². The summed E-state index contributed by atoms with van der Waals surface area (Å²) in [6.07, 6.45) is 0.515. The molecule has 0 amide bonds. The van der Waals surface area contributed by atoms with Crippen LogP contribution in [0.4, 0.5) is 0 Å². The van der Waals surface area contributed by atoms with E-state index in [4.69, 9.17) is 4.74 Å². The van der Waals surface area contributed by atoms with Gasteiger partial charge >= 0.3 is 5.97 Å². The molecule has 1 aromatic rings. The number of carbonyl (C=O) groups excluding carboxylic acids is 1. The minimum atomic E-state index is -0.473. The van der Waals surface area contributed by atoms with Crippen LogP contribution < -0.4 is 4.74 Å². The van der Waals surface area contributed by atoms with Gasteiger partial charge in [0.15, 0.2) is 0 Å². The van der Waals surface area contributed by atoms with Gasteiger partial charge < -0.3 is 4.74 Å². The standard InChI is InChI=1S/C12H11Br2NO4/c1-2-7-9(5-15(17)18)8-3-6(13)4-10(14)11(8)19-12(7)16/h3-4,7,9H,2,5H2,1H3/t7-,9+/m1/s1. The van der Waals surface area contributed by atoms with Crippen LogP contribution >= 0.6 is 31.9 Å².